The quantitative estimate of drug-likeness (QED) is 0.739. The second kappa shape index (κ2) is 9.42. The van der Waals surface area contributed by atoms with Crippen LogP contribution in [-0.4, -0.2) is 20.8 Å². The third kappa shape index (κ3) is 5.18. The standard InChI is InChI=1S/C13H21BrN2O2.ClH/c1-17-11-7-9(8-12(18-2)13(11)14)10(16)5-3-4-6-15;/h7-8,10H,3-6,15-16H2,1-2H3;1H/t10-;/m0./s1. The van der Waals surface area contributed by atoms with Gasteiger partial charge >= 0.3 is 0 Å². The average Bonchev–Trinajstić information content (AvgIpc) is 2.39. The van der Waals surface area contributed by atoms with Gasteiger partial charge in [-0.1, -0.05) is 6.42 Å². The molecule has 0 aromatic heterocycles. The zero-order chi connectivity index (χ0) is 13.5. The molecule has 0 aliphatic heterocycles. The normalized spacial score (nSPS) is 11.6. The molecule has 4 N–H and O–H groups in total. The van der Waals surface area contributed by atoms with Crippen molar-refractivity contribution in [3.05, 3.63) is 22.2 Å². The van der Waals surface area contributed by atoms with Crippen molar-refractivity contribution >= 4 is 28.3 Å². The number of halogens is 2. The number of ether oxygens (including phenoxy) is 2. The highest BCUT2D eigenvalue weighted by atomic mass is 79.9. The van der Waals surface area contributed by atoms with E-state index in [1.54, 1.807) is 14.2 Å². The first kappa shape index (κ1) is 18.5. The minimum Gasteiger partial charge on any atom is -0.495 e. The maximum Gasteiger partial charge on any atom is 0.137 e. The molecule has 1 aromatic rings. The SMILES string of the molecule is COc1cc([C@@H](N)CCCCN)cc(OC)c1Br.Cl. The highest BCUT2D eigenvalue weighted by molar-refractivity contribution is 9.10. The van der Waals surface area contributed by atoms with Gasteiger partial charge in [0.25, 0.3) is 0 Å². The Kier molecular flexibility index (Phi) is 9.18. The maximum absolute atomic E-state index is 6.17. The summed E-state index contributed by atoms with van der Waals surface area (Å²) in [5.74, 6) is 1.47. The van der Waals surface area contributed by atoms with Gasteiger partial charge in [0.15, 0.2) is 0 Å². The van der Waals surface area contributed by atoms with Gasteiger partial charge in [-0.05, 0) is 53.0 Å². The highest BCUT2D eigenvalue weighted by Gasteiger charge is 2.14. The number of hydrogen-bond acceptors (Lipinski definition) is 4. The molecular formula is C13H22BrClN2O2. The van der Waals surface area contributed by atoms with E-state index in [2.05, 4.69) is 15.9 Å². The Morgan fingerprint density at radius 2 is 1.68 bits per heavy atom. The van der Waals surface area contributed by atoms with Crippen LogP contribution < -0.4 is 20.9 Å². The molecule has 1 atom stereocenters. The van der Waals surface area contributed by atoms with Gasteiger partial charge in [0, 0.05) is 6.04 Å². The van der Waals surface area contributed by atoms with E-state index in [9.17, 15) is 0 Å². The van der Waals surface area contributed by atoms with E-state index in [1.165, 1.54) is 0 Å². The highest BCUT2D eigenvalue weighted by Crippen LogP contribution is 2.37. The van der Waals surface area contributed by atoms with E-state index in [0.29, 0.717) is 6.54 Å². The van der Waals surface area contributed by atoms with E-state index in [0.717, 1.165) is 40.8 Å². The first-order valence-corrected chi connectivity index (χ1v) is 6.80. The van der Waals surface area contributed by atoms with E-state index >= 15 is 0 Å². The molecule has 0 aliphatic rings. The largest absolute Gasteiger partial charge is 0.495 e. The summed E-state index contributed by atoms with van der Waals surface area (Å²) in [7, 11) is 3.26. The first-order valence-electron chi connectivity index (χ1n) is 6.01. The molecule has 0 radical (unpaired) electrons. The van der Waals surface area contributed by atoms with Crippen LogP contribution in [0.1, 0.15) is 30.9 Å². The molecule has 6 heteroatoms. The molecule has 0 heterocycles. The molecule has 0 spiro atoms. The minimum atomic E-state index is -0.0209. The van der Waals surface area contributed by atoms with Gasteiger partial charge < -0.3 is 20.9 Å². The molecule has 1 aromatic carbocycles. The van der Waals surface area contributed by atoms with E-state index in [4.69, 9.17) is 20.9 Å². The summed E-state index contributed by atoms with van der Waals surface area (Å²) in [4.78, 5) is 0. The summed E-state index contributed by atoms with van der Waals surface area (Å²) in [5.41, 5.74) is 12.7. The predicted molar refractivity (Wildman–Crippen MR) is 84.3 cm³/mol. The van der Waals surface area contributed by atoms with Crippen LogP contribution in [0.15, 0.2) is 16.6 Å². The van der Waals surface area contributed by atoms with E-state index < -0.39 is 0 Å². The monoisotopic (exact) mass is 352 g/mol. The molecule has 0 aliphatic carbocycles. The molecule has 0 saturated carbocycles. The van der Waals surface area contributed by atoms with Gasteiger partial charge in [0.2, 0.25) is 0 Å². The summed E-state index contributed by atoms with van der Waals surface area (Å²) in [6, 6.07) is 3.87. The van der Waals surface area contributed by atoms with Gasteiger partial charge in [0.1, 0.15) is 16.0 Å². The molecule has 4 nitrogen and oxygen atoms in total. The van der Waals surface area contributed by atoms with Crippen LogP contribution in [0, 0.1) is 0 Å². The van der Waals surface area contributed by atoms with Crippen LogP contribution in [-0.2, 0) is 0 Å². The van der Waals surface area contributed by atoms with Crippen LogP contribution in [0.4, 0.5) is 0 Å². The molecule has 110 valence electrons. The topological polar surface area (TPSA) is 70.5 Å². The summed E-state index contributed by atoms with van der Waals surface area (Å²) in [5, 5.41) is 0. The molecule has 19 heavy (non-hydrogen) atoms. The summed E-state index contributed by atoms with van der Waals surface area (Å²) in [6.45, 7) is 0.708. The lowest BCUT2D eigenvalue weighted by molar-refractivity contribution is 0.387. The Morgan fingerprint density at radius 1 is 1.16 bits per heavy atom. The molecule has 0 unspecified atom stereocenters. The van der Waals surface area contributed by atoms with Crippen molar-refractivity contribution < 1.29 is 9.47 Å². The summed E-state index contributed by atoms with van der Waals surface area (Å²) < 4.78 is 11.4. The first-order chi connectivity index (χ1) is 8.63. The lowest BCUT2D eigenvalue weighted by Gasteiger charge is -2.16. The Labute approximate surface area is 129 Å². The van der Waals surface area contributed by atoms with Gasteiger partial charge in [-0.15, -0.1) is 12.4 Å². The fourth-order valence-electron chi connectivity index (χ4n) is 1.78. The fraction of sp³-hybridized carbons (Fsp3) is 0.538. The lowest BCUT2D eigenvalue weighted by atomic mass is 10.0. The van der Waals surface area contributed by atoms with E-state index in [-0.39, 0.29) is 18.4 Å². The fourth-order valence-corrected chi connectivity index (χ4v) is 2.33. The minimum absolute atomic E-state index is 0. The zero-order valence-electron chi connectivity index (χ0n) is 11.3. The van der Waals surface area contributed by atoms with Crippen LogP contribution in [0.3, 0.4) is 0 Å². The van der Waals surface area contributed by atoms with Crippen molar-refractivity contribution in [3.8, 4) is 11.5 Å². The van der Waals surface area contributed by atoms with Crippen molar-refractivity contribution in [1.82, 2.24) is 0 Å². The van der Waals surface area contributed by atoms with E-state index in [1.807, 2.05) is 12.1 Å². The van der Waals surface area contributed by atoms with Crippen LogP contribution in [0.2, 0.25) is 0 Å². The smallest absolute Gasteiger partial charge is 0.137 e. The third-order valence-electron chi connectivity index (χ3n) is 2.87. The average molecular weight is 354 g/mol. The lowest BCUT2D eigenvalue weighted by Crippen LogP contribution is -2.11. The number of hydrogen-bond donors (Lipinski definition) is 2. The number of rotatable bonds is 7. The molecule has 0 fully saturated rings. The second-order valence-electron chi connectivity index (χ2n) is 4.13. The Bertz CT molecular complexity index is 366. The van der Waals surface area contributed by atoms with Gasteiger partial charge in [0.05, 0.1) is 14.2 Å². The Hall–Kier alpha value is -0.490. The molecule has 0 saturated heterocycles. The second-order valence-corrected chi connectivity index (χ2v) is 4.92. The molecular weight excluding hydrogens is 332 g/mol. The van der Waals surface area contributed by atoms with Crippen molar-refractivity contribution in [2.75, 3.05) is 20.8 Å². The maximum atomic E-state index is 6.17. The summed E-state index contributed by atoms with van der Waals surface area (Å²) in [6.07, 6.45) is 2.93. The molecule has 0 bridgehead atoms. The van der Waals surface area contributed by atoms with Crippen LogP contribution in [0.5, 0.6) is 11.5 Å². The number of unbranched alkanes of at least 4 members (excludes halogenated alkanes) is 1. The van der Waals surface area contributed by atoms with Gasteiger partial charge in [-0.2, -0.15) is 0 Å². The predicted octanol–water partition coefficient (Wildman–Crippen LogP) is 3.02. The van der Waals surface area contributed by atoms with Crippen molar-refractivity contribution in [2.24, 2.45) is 11.5 Å². The van der Waals surface area contributed by atoms with Gasteiger partial charge in [-0.25, -0.2) is 0 Å². The van der Waals surface area contributed by atoms with Crippen molar-refractivity contribution in [1.29, 1.82) is 0 Å². The third-order valence-corrected chi connectivity index (χ3v) is 3.65. The van der Waals surface area contributed by atoms with Crippen molar-refractivity contribution in [2.45, 2.75) is 25.3 Å². The van der Waals surface area contributed by atoms with Gasteiger partial charge in [-0.3, -0.25) is 0 Å². The van der Waals surface area contributed by atoms with Crippen LogP contribution in [0.25, 0.3) is 0 Å². The summed E-state index contributed by atoms with van der Waals surface area (Å²) >= 11 is 3.44. The van der Waals surface area contributed by atoms with Crippen molar-refractivity contribution in [3.63, 3.8) is 0 Å². The Morgan fingerprint density at radius 3 is 2.11 bits per heavy atom. The molecule has 0 amide bonds. The zero-order valence-corrected chi connectivity index (χ0v) is 13.7. The number of methoxy groups -OCH3 is 2. The molecule has 1 rings (SSSR count). The Balaban J connectivity index is 0.00000324. The number of benzene rings is 1. The van der Waals surface area contributed by atoms with Crippen LogP contribution >= 0.6 is 28.3 Å². The number of nitrogens with two attached hydrogens (primary N) is 2.